The summed E-state index contributed by atoms with van der Waals surface area (Å²) in [6.07, 6.45) is 7.07. The second-order valence-corrected chi connectivity index (χ2v) is 5.20. The van der Waals surface area contributed by atoms with Gasteiger partial charge < -0.3 is 5.73 Å². The lowest BCUT2D eigenvalue weighted by atomic mass is 9.76. The van der Waals surface area contributed by atoms with Crippen molar-refractivity contribution in [3.63, 3.8) is 0 Å². The first-order chi connectivity index (χ1) is 7.66. The van der Waals surface area contributed by atoms with Crippen molar-refractivity contribution in [2.24, 2.45) is 11.7 Å². The molecule has 1 aromatic rings. The molecular weight excluding hydrogens is 196 g/mol. The maximum absolute atomic E-state index is 5.97. The van der Waals surface area contributed by atoms with E-state index >= 15 is 0 Å². The summed E-state index contributed by atoms with van der Waals surface area (Å²) >= 11 is 0. The van der Waals surface area contributed by atoms with Crippen LogP contribution in [0.1, 0.15) is 49.8 Å². The molecule has 1 saturated carbocycles. The van der Waals surface area contributed by atoms with Crippen molar-refractivity contribution in [2.75, 3.05) is 0 Å². The fourth-order valence-electron chi connectivity index (χ4n) is 2.80. The van der Waals surface area contributed by atoms with E-state index in [1.165, 1.54) is 31.2 Å². The van der Waals surface area contributed by atoms with Crippen molar-refractivity contribution in [3.05, 3.63) is 29.6 Å². The largest absolute Gasteiger partial charge is 0.328 e. The number of rotatable bonds is 2. The summed E-state index contributed by atoms with van der Waals surface area (Å²) < 4.78 is 0. The minimum absolute atomic E-state index is 0.361. The Bertz CT molecular complexity index is 338. The molecule has 0 saturated heterocycles. The van der Waals surface area contributed by atoms with Gasteiger partial charge in [-0.05, 0) is 69.1 Å². The fourth-order valence-corrected chi connectivity index (χ4v) is 2.80. The summed E-state index contributed by atoms with van der Waals surface area (Å²) in [7, 11) is 0. The predicted molar refractivity (Wildman–Crippen MR) is 67.3 cm³/mol. The molecule has 1 atom stereocenters. The Kier molecular flexibility index (Phi) is 3.59. The third-order valence-corrected chi connectivity index (χ3v) is 3.91. The molecule has 0 aromatic carbocycles. The fraction of sp³-hybridized carbons (Fsp3) is 0.643. The Morgan fingerprint density at radius 1 is 1.31 bits per heavy atom. The first-order valence-electron chi connectivity index (χ1n) is 6.35. The van der Waals surface area contributed by atoms with Crippen molar-refractivity contribution >= 4 is 0 Å². The van der Waals surface area contributed by atoms with Crippen LogP contribution in [0.5, 0.6) is 0 Å². The maximum Gasteiger partial charge on any atom is 0.0375 e. The van der Waals surface area contributed by atoms with Crippen LogP contribution in [-0.2, 0) is 0 Å². The molecule has 1 aliphatic carbocycles. The van der Waals surface area contributed by atoms with Crippen LogP contribution < -0.4 is 5.73 Å². The number of nitrogens with two attached hydrogens (primary N) is 1. The molecule has 0 spiro atoms. The Morgan fingerprint density at radius 2 is 2.00 bits per heavy atom. The van der Waals surface area contributed by atoms with E-state index in [1.54, 1.807) is 0 Å². The molecule has 16 heavy (non-hydrogen) atoms. The maximum atomic E-state index is 5.97. The van der Waals surface area contributed by atoms with E-state index in [-0.39, 0.29) is 0 Å². The van der Waals surface area contributed by atoms with E-state index in [0.29, 0.717) is 6.04 Å². The Balaban J connectivity index is 1.99. The molecule has 0 unspecified atom stereocenters. The highest BCUT2D eigenvalue weighted by molar-refractivity contribution is 5.20. The number of hydrogen-bond acceptors (Lipinski definition) is 2. The predicted octanol–water partition coefficient (Wildman–Crippen LogP) is 3.01. The normalized spacial score (nSPS) is 27.7. The van der Waals surface area contributed by atoms with Crippen molar-refractivity contribution < 1.29 is 0 Å². The average molecular weight is 218 g/mol. The van der Waals surface area contributed by atoms with Crippen LogP contribution in [0.15, 0.2) is 18.3 Å². The van der Waals surface area contributed by atoms with Gasteiger partial charge in [-0.2, -0.15) is 0 Å². The number of hydrogen-bond donors (Lipinski definition) is 1. The average Bonchev–Trinajstić information content (AvgIpc) is 2.29. The van der Waals surface area contributed by atoms with Gasteiger partial charge in [0.1, 0.15) is 0 Å². The summed E-state index contributed by atoms with van der Waals surface area (Å²) in [6, 6.07) is 4.76. The summed E-state index contributed by atoms with van der Waals surface area (Å²) in [6.45, 7) is 4.21. The minimum Gasteiger partial charge on any atom is -0.328 e. The molecule has 0 bridgehead atoms. The molecule has 2 rings (SSSR count). The van der Waals surface area contributed by atoms with E-state index in [2.05, 4.69) is 31.0 Å². The Hall–Kier alpha value is -0.890. The summed E-state index contributed by atoms with van der Waals surface area (Å²) in [5.74, 6) is 1.47. The van der Waals surface area contributed by atoms with E-state index in [9.17, 15) is 0 Å². The zero-order valence-corrected chi connectivity index (χ0v) is 10.3. The highest BCUT2D eigenvalue weighted by Crippen LogP contribution is 2.36. The van der Waals surface area contributed by atoms with E-state index < -0.39 is 0 Å². The van der Waals surface area contributed by atoms with Crippen molar-refractivity contribution in [1.82, 2.24) is 4.98 Å². The van der Waals surface area contributed by atoms with Crippen LogP contribution in [0, 0.1) is 12.8 Å². The van der Waals surface area contributed by atoms with Crippen LogP contribution in [0.2, 0.25) is 0 Å². The monoisotopic (exact) mass is 218 g/mol. The Morgan fingerprint density at radius 3 is 2.56 bits per heavy atom. The van der Waals surface area contributed by atoms with Crippen molar-refractivity contribution in [3.8, 4) is 0 Å². The van der Waals surface area contributed by atoms with E-state index in [4.69, 9.17) is 5.73 Å². The summed E-state index contributed by atoms with van der Waals surface area (Å²) in [5, 5.41) is 0. The molecule has 1 aliphatic rings. The van der Waals surface area contributed by atoms with E-state index in [1.807, 2.05) is 6.20 Å². The smallest absolute Gasteiger partial charge is 0.0375 e. The van der Waals surface area contributed by atoms with Crippen LogP contribution in [0.3, 0.4) is 0 Å². The van der Waals surface area contributed by atoms with Crippen LogP contribution in [0.25, 0.3) is 0 Å². The first-order valence-corrected chi connectivity index (χ1v) is 6.35. The van der Waals surface area contributed by atoms with Crippen LogP contribution >= 0.6 is 0 Å². The number of pyridine rings is 1. The SMILES string of the molecule is Cc1cc(C2CCC([C@@H](C)N)CC2)ccn1. The van der Waals surface area contributed by atoms with Gasteiger partial charge in [0.2, 0.25) is 0 Å². The second kappa shape index (κ2) is 4.96. The number of aryl methyl sites for hydroxylation is 1. The quantitative estimate of drug-likeness (QED) is 0.828. The molecule has 0 aliphatic heterocycles. The Labute approximate surface area is 98.3 Å². The molecule has 0 amide bonds. The molecule has 2 N–H and O–H groups in total. The van der Waals surface area contributed by atoms with Gasteiger partial charge >= 0.3 is 0 Å². The molecule has 1 fully saturated rings. The van der Waals surface area contributed by atoms with Gasteiger partial charge in [0.05, 0.1) is 0 Å². The lowest BCUT2D eigenvalue weighted by Crippen LogP contribution is -2.29. The molecule has 0 radical (unpaired) electrons. The molecule has 2 nitrogen and oxygen atoms in total. The van der Waals surface area contributed by atoms with Crippen molar-refractivity contribution in [1.29, 1.82) is 0 Å². The van der Waals surface area contributed by atoms with Gasteiger partial charge in [-0.15, -0.1) is 0 Å². The number of nitrogens with zero attached hydrogens (tertiary/aromatic N) is 1. The molecule has 1 heterocycles. The zero-order chi connectivity index (χ0) is 11.5. The highest BCUT2D eigenvalue weighted by atomic mass is 14.7. The van der Waals surface area contributed by atoms with Gasteiger partial charge in [-0.3, -0.25) is 4.98 Å². The van der Waals surface area contributed by atoms with Gasteiger partial charge in [0, 0.05) is 17.9 Å². The first kappa shape index (κ1) is 11.6. The van der Waals surface area contributed by atoms with Gasteiger partial charge in [-0.25, -0.2) is 0 Å². The summed E-state index contributed by atoms with van der Waals surface area (Å²) in [4.78, 5) is 4.26. The lowest BCUT2D eigenvalue weighted by Gasteiger charge is -2.31. The van der Waals surface area contributed by atoms with Gasteiger partial charge in [0.15, 0.2) is 0 Å². The highest BCUT2D eigenvalue weighted by Gasteiger charge is 2.24. The standard InChI is InChI=1S/C14H22N2/c1-10-9-14(7-8-16-10)13-5-3-12(4-6-13)11(2)15/h7-9,11-13H,3-6,15H2,1-2H3/t11-,12?,13?/m1/s1. The summed E-state index contributed by atoms with van der Waals surface area (Å²) in [5.41, 5.74) is 8.56. The minimum atomic E-state index is 0.361. The lowest BCUT2D eigenvalue weighted by molar-refractivity contribution is 0.291. The van der Waals surface area contributed by atoms with Gasteiger partial charge in [-0.1, -0.05) is 0 Å². The van der Waals surface area contributed by atoms with Crippen molar-refractivity contribution in [2.45, 2.75) is 51.5 Å². The van der Waals surface area contributed by atoms with Crippen LogP contribution in [0.4, 0.5) is 0 Å². The molecular formula is C14H22N2. The van der Waals surface area contributed by atoms with Gasteiger partial charge in [0.25, 0.3) is 0 Å². The second-order valence-electron chi connectivity index (χ2n) is 5.20. The van der Waals surface area contributed by atoms with E-state index in [0.717, 1.165) is 17.5 Å². The third kappa shape index (κ3) is 2.62. The third-order valence-electron chi connectivity index (χ3n) is 3.91. The number of aromatic nitrogens is 1. The molecule has 88 valence electrons. The molecule has 1 aromatic heterocycles. The topological polar surface area (TPSA) is 38.9 Å². The van der Waals surface area contributed by atoms with Crippen LogP contribution in [-0.4, -0.2) is 11.0 Å². The zero-order valence-electron chi connectivity index (χ0n) is 10.3. The molecule has 2 heteroatoms.